The summed E-state index contributed by atoms with van der Waals surface area (Å²) in [6.07, 6.45) is 0.817. The van der Waals surface area contributed by atoms with Crippen molar-refractivity contribution < 1.29 is 9.59 Å². The largest absolute Gasteiger partial charge is 0.315 e. The van der Waals surface area contributed by atoms with Gasteiger partial charge < -0.3 is 4.90 Å². The number of carbonyl (C=O) groups is 2. The van der Waals surface area contributed by atoms with Crippen molar-refractivity contribution in [1.29, 1.82) is 0 Å². The standard InChI is InChI=1S/C23H24N2O2S/c1-5-23(27)25(4)20-11-10-19(12-15(20)2)17-6-8-18(9-7-17)21(26)13-22-24-16(3)14-28-22/h6-12,14H,5,13H2,1-4H3. The molecule has 0 aliphatic heterocycles. The zero-order chi connectivity index (χ0) is 20.3. The van der Waals surface area contributed by atoms with Crippen molar-refractivity contribution in [3.63, 3.8) is 0 Å². The molecule has 0 N–H and O–H groups in total. The van der Waals surface area contributed by atoms with Gasteiger partial charge in [-0.2, -0.15) is 0 Å². The number of anilines is 1. The van der Waals surface area contributed by atoms with E-state index in [4.69, 9.17) is 0 Å². The number of carbonyl (C=O) groups excluding carboxylic acids is 2. The maximum Gasteiger partial charge on any atom is 0.226 e. The normalized spacial score (nSPS) is 10.7. The topological polar surface area (TPSA) is 50.3 Å². The highest BCUT2D eigenvalue weighted by Crippen LogP contribution is 2.27. The monoisotopic (exact) mass is 392 g/mol. The molecule has 0 spiro atoms. The predicted molar refractivity (Wildman–Crippen MR) is 115 cm³/mol. The van der Waals surface area contributed by atoms with Gasteiger partial charge in [0.15, 0.2) is 5.78 Å². The van der Waals surface area contributed by atoms with E-state index in [1.54, 1.807) is 11.9 Å². The van der Waals surface area contributed by atoms with Crippen LogP contribution in [0.1, 0.15) is 40.0 Å². The Kier molecular flexibility index (Phi) is 6.05. The molecule has 0 bridgehead atoms. The second-order valence-corrected chi connectivity index (χ2v) is 7.81. The molecule has 0 unspecified atom stereocenters. The molecule has 0 aliphatic carbocycles. The Morgan fingerprint density at radius 3 is 2.29 bits per heavy atom. The van der Waals surface area contributed by atoms with E-state index in [9.17, 15) is 9.59 Å². The van der Waals surface area contributed by atoms with Gasteiger partial charge in [0.25, 0.3) is 0 Å². The van der Waals surface area contributed by atoms with E-state index < -0.39 is 0 Å². The lowest BCUT2D eigenvalue weighted by molar-refractivity contribution is -0.118. The minimum absolute atomic E-state index is 0.0760. The number of hydrogen-bond donors (Lipinski definition) is 0. The van der Waals surface area contributed by atoms with Gasteiger partial charge >= 0.3 is 0 Å². The lowest BCUT2D eigenvalue weighted by atomic mass is 9.99. The van der Waals surface area contributed by atoms with Crippen LogP contribution in [0, 0.1) is 13.8 Å². The minimum atomic E-state index is 0.0760. The van der Waals surface area contributed by atoms with E-state index in [2.05, 4.69) is 11.1 Å². The maximum absolute atomic E-state index is 12.5. The Hall–Kier alpha value is -2.79. The zero-order valence-corrected chi connectivity index (χ0v) is 17.5. The summed E-state index contributed by atoms with van der Waals surface area (Å²) in [5.74, 6) is 0.168. The molecule has 0 saturated heterocycles. The first kappa shape index (κ1) is 20.0. The molecule has 1 aromatic heterocycles. The number of nitrogens with zero attached hydrogens (tertiary/aromatic N) is 2. The second kappa shape index (κ2) is 8.48. The summed E-state index contributed by atoms with van der Waals surface area (Å²) in [5, 5.41) is 2.81. The van der Waals surface area contributed by atoms with Crippen LogP contribution in [-0.4, -0.2) is 23.7 Å². The van der Waals surface area contributed by atoms with Gasteiger partial charge in [-0.1, -0.05) is 37.3 Å². The van der Waals surface area contributed by atoms with Crippen molar-refractivity contribution in [1.82, 2.24) is 4.98 Å². The van der Waals surface area contributed by atoms with Crippen molar-refractivity contribution in [2.45, 2.75) is 33.6 Å². The van der Waals surface area contributed by atoms with Crippen LogP contribution in [-0.2, 0) is 11.2 Å². The van der Waals surface area contributed by atoms with Crippen LogP contribution in [0.3, 0.4) is 0 Å². The van der Waals surface area contributed by atoms with Crippen LogP contribution in [0.2, 0.25) is 0 Å². The van der Waals surface area contributed by atoms with Crippen LogP contribution in [0.4, 0.5) is 5.69 Å². The van der Waals surface area contributed by atoms with Crippen molar-refractivity contribution in [2.24, 2.45) is 0 Å². The average Bonchev–Trinajstić information content (AvgIpc) is 3.11. The molecule has 1 amide bonds. The van der Waals surface area contributed by atoms with Crippen LogP contribution in [0.25, 0.3) is 11.1 Å². The third kappa shape index (κ3) is 4.37. The Balaban J connectivity index is 1.77. The number of ketones is 1. The molecule has 0 saturated carbocycles. The first-order valence-corrected chi connectivity index (χ1v) is 10.2. The highest BCUT2D eigenvalue weighted by molar-refractivity contribution is 7.09. The molecular formula is C23H24N2O2S. The Morgan fingerprint density at radius 1 is 1.04 bits per heavy atom. The number of rotatable bonds is 6. The molecule has 2 aromatic carbocycles. The lowest BCUT2D eigenvalue weighted by Crippen LogP contribution is -2.25. The minimum Gasteiger partial charge on any atom is -0.315 e. The van der Waals surface area contributed by atoms with E-state index in [-0.39, 0.29) is 11.7 Å². The average molecular weight is 393 g/mol. The molecule has 5 heteroatoms. The summed E-state index contributed by atoms with van der Waals surface area (Å²) >= 11 is 1.52. The summed E-state index contributed by atoms with van der Waals surface area (Å²) in [6.45, 7) is 5.80. The van der Waals surface area contributed by atoms with Crippen molar-refractivity contribution >= 4 is 28.7 Å². The van der Waals surface area contributed by atoms with Crippen LogP contribution in [0.5, 0.6) is 0 Å². The summed E-state index contributed by atoms with van der Waals surface area (Å²) in [5.41, 5.74) is 5.71. The fourth-order valence-corrected chi connectivity index (χ4v) is 3.93. The number of Topliss-reactive ketones (excluding diaryl/α,β-unsaturated/α-hetero) is 1. The van der Waals surface area contributed by atoms with Crippen LogP contribution >= 0.6 is 11.3 Å². The second-order valence-electron chi connectivity index (χ2n) is 6.87. The van der Waals surface area contributed by atoms with Gasteiger partial charge in [-0.15, -0.1) is 11.3 Å². The van der Waals surface area contributed by atoms with Gasteiger partial charge in [0, 0.05) is 35.8 Å². The third-order valence-corrected chi connectivity index (χ3v) is 5.72. The summed E-state index contributed by atoms with van der Waals surface area (Å²) in [4.78, 5) is 30.5. The van der Waals surface area contributed by atoms with E-state index >= 15 is 0 Å². The number of thiazole rings is 1. The van der Waals surface area contributed by atoms with Gasteiger partial charge in [0.2, 0.25) is 5.91 Å². The van der Waals surface area contributed by atoms with E-state index in [0.717, 1.165) is 33.1 Å². The smallest absolute Gasteiger partial charge is 0.226 e. The van der Waals surface area contributed by atoms with E-state index in [0.29, 0.717) is 18.4 Å². The molecule has 144 valence electrons. The van der Waals surface area contributed by atoms with Gasteiger partial charge in [-0.3, -0.25) is 9.59 Å². The number of benzene rings is 2. The third-order valence-electron chi connectivity index (χ3n) is 4.75. The summed E-state index contributed by atoms with van der Waals surface area (Å²) in [6, 6.07) is 13.7. The van der Waals surface area contributed by atoms with Crippen molar-refractivity contribution in [3.8, 4) is 11.1 Å². The van der Waals surface area contributed by atoms with Gasteiger partial charge in [0.1, 0.15) is 5.01 Å². The molecule has 3 aromatic rings. The van der Waals surface area contributed by atoms with E-state index in [1.165, 1.54) is 11.3 Å². The predicted octanol–water partition coefficient (Wildman–Crippen LogP) is 5.23. The molecule has 0 atom stereocenters. The van der Waals surface area contributed by atoms with Crippen LogP contribution in [0.15, 0.2) is 47.8 Å². The molecule has 0 aliphatic rings. The van der Waals surface area contributed by atoms with Crippen molar-refractivity contribution in [3.05, 3.63) is 69.7 Å². The number of amides is 1. The quantitative estimate of drug-likeness (QED) is 0.540. The molecule has 3 rings (SSSR count). The fourth-order valence-electron chi connectivity index (χ4n) is 3.15. The Morgan fingerprint density at radius 2 is 1.71 bits per heavy atom. The maximum atomic E-state index is 12.5. The van der Waals surface area contributed by atoms with Crippen LogP contribution < -0.4 is 4.90 Å². The highest BCUT2D eigenvalue weighted by Gasteiger charge is 2.13. The first-order valence-electron chi connectivity index (χ1n) is 9.31. The fraction of sp³-hybridized carbons (Fsp3) is 0.261. The molecule has 4 nitrogen and oxygen atoms in total. The van der Waals surface area contributed by atoms with E-state index in [1.807, 2.05) is 62.5 Å². The molecule has 28 heavy (non-hydrogen) atoms. The summed E-state index contributed by atoms with van der Waals surface area (Å²) in [7, 11) is 1.80. The Labute approximate surface area is 169 Å². The number of aryl methyl sites for hydroxylation is 2. The number of aromatic nitrogens is 1. The zero-order valence-electron chi connectivity index (χ0n) is 16.7. The number of hydrogen-bond acceptors (Lipinski definition) is 4. The van der Waals surface area contributed by atoms with Gasteiger partial charge in [-0.05, 0) is 42.7 Å². The highest BCUT2D eigenvalue weighted by atomic mass is 32.1. The molecule has 1 heterocycles. The molecular weight excluding hydrogens is 368 g/mol. The van der Waals surface area contributed by atoms with Gasteiger partial charge in [0.05, 0.1) is 6.42 Å². The lowest BCUT2D eigenvalue weighted by Gasteiger charge is -2.19. The Bertz CT molecular complexity index is 1010. The molecule has 0 fully saturated rings. The van der Waals surface area contributed by atoms with Gasteiger partial charge in [-0.25, -0.2) is 4.98 Å². The van der Waals surface area contributed by atoms with Crippen molar-refractivity contribution in [2.75, 3.05) is 11.9 Å². The first-order chi connectivity index (χ1) is 13.4. The summed E-state index contributed by atoms with van der Waals surface area (Å²) < 4.78 is 0. The molecule has 0 radical (unpaired) electrons. The SMILES string of the molecule is CCC(=O)N(C)c1ccc(-c2ccc(C(=O)Cc3nc(C)cs3)cc2)cc1C.